The third-order valence-corrected chi connectivity index (χ3v) is 5.47. The average molecular weight is 383 g/mol. The molecule has 0 radical (unpaired) electrons. The number of nitriles is 1. The molecule has 0 aromatic heterocycles. The van der Waals surface area contributed by atoms with Gasteiger partial charge in [0.15, 0.2) is 0 Å². The summed E-state index contributed by atoms with van der Waals surface area (Å²) < 4.78 is 0. The van der Waals surface area contributed by atoms with Crippen LogP contribution < -0.4 is 0 Å². The highest BCUT2D eigenvalue weighted by Gasteiger charge is 2.36. The van der Waals surface area contributed by atoms with E-state index in [2.05, 4.69) is 73.3 Å². The smallest absolute Gasteiger partial charge is 0.0587 e. The number of hydrogen-bond donors (Lipinski definition) is 0. The van der Waals surface area contributed by atoms with Gasteiger partial charge in [0.2, 0.25) is 0 Å². The maximum absolute atomic E-state index is 7.32. The van der Waals surface area contributed by atoms with Crippen molar-refractivity contribution < 1.29 is 0 Å². The van der Waals surface area contributed by atoms with E-state index in [1.54, 1.807) is 6.07 Å². The van der Waals surface area contributed by atoms with Gasteiger partial charge in [-0.25, -0.2) is 0 Å². The van der Waals surface area contributed by atoms with Crippen LogP contribution >= 0.6 is 11.6 Å². The molecule has 27 heavy (non-hydrogen) atoms. The Labute approximate surface area is 169 Å². The van der Waals surface area contributed by atoms with Crippen LogP contribution in [0.4, 0.5) is 0 Å². The van der Waals surface area contributed by atoms with Crippen LogP contribution in [0.5, 0.6) is 0 Å². The maximum Gasteiger partial charge on any atom is 0.0587 e. The van der Waals surface area contributed by atoms with Gasteiger partial charge < -0.3 is 0 Å². The van der Waals surface area contributed by atoms with Gasteiger partial charge in [0.25, 0.3) is 0 Å². The van der Waals surface area contributed by atoms with Gasteiger partial charge >= 0.3 is 0 Å². The van der Waals surface area contributed by atoms with E-state index in [1.807, 2.05) is 0 Å². The zero-order valence-electron chi connectivity index (χ0n) is 16.7. The quantitative estimate of drug-likeness (QED) is 0.511. The molecule has 144 valence electrons. The number of alkyl halides is 1. The Hall–Kier alpha value is -1.82. The Balaban J connectivity index is 0.000000817. The molecule has 1 saturated carbocycles. The van der Waals surface area contributed by atoms with E-state index in [0.717, 1.165) is 25.9 Å². The van der Waals surface area contributed by atoms with Crippen LogP contribution in [0.3, 0.4) is 0 Å². The highest BCUT2D eigenvalue weighted by atomic mass is 35.5. The summed E-state index contributed by atoms with van der Waals surface area (Å²) in [5.41, 5.74) is 4.25. The zero-order chi connectivity index (χ0) is 19.6. The van der Waals surface area contributed by atoms with E-state index in [1.165, 1.54) is 30.0 Å². The van der Waals surface area contributed by atoms with Crippen LogP contribution in [-0.4, -0.2) is 22.9 Å². The van der Waals surface area contributed by atoms with Crippen molar-refractivity contribution in [2.24, 2.45) is 0 Å². The van der Waals surface area contributed by atoms with Crippen LogP contribution in [0.25, 0.3) is 0 Å². The van der Waals surface area contributed by atoms with Gasteiger partial charge in [0.1, 0.15) is 0 Å². The Morgan fingerprint density at radius 2 is 1.67 bits per heavy atom. The molecule has 0 heterocycles. The fraction of sp³-hybridized carbons (Fsp3) is 0.458. The van der Waals surface area contributed by atoms with Crippen molar-refractivity contribution in [2.45, 2.75) is 63.9 Å². The first-order chi connectivity index (χ1) is 13.0. The fourth-order valence-electron chi connectivity index (χ4n) is 3.26. The van der Waals surface area contributed by atoms with Crippen LogP contribution in [0.15, 0.2) is 54.6 Å². The highest BCUT2D eigenvalue weighted by molar-refractivity contribution is 6.23. The molecule has 2 atom stereocenters. The second-order valence-corrected chi connectivity index (χ2v) is 8.04. The number of halogens is 1. The van der Waals surface area contributed by atoms with Crippen molar-refractivity contribution in [3.8, 4) is 6.07 Å². The van der Waals surface area contributed by atoms with Crippen molar-refractivity contribution in [3.63, 3.8) is 0 Å². The van der Waals surface area contributed by atoms with Crippen molar-refractivity contribution in [1.82, 2.24) is 4.90 Å². The van der Waals surface area contributed by atoms with Crippen molar-refractivity contribution in [1.29, 1.82) is 5.26 Å². The van der Waals surface area contributed by atoms with E-state index >= 15 is 0 Å². The minimum absolute atomic E-state index is 0.369. The highest BCUT2D eigenvalue weighted by Crippen LogP contribution is 2.45. The lowest BCUT2D eigenvalue weighted by atomic mass is 10.0. The molecular formula is C24H31ClN2. The molecule has 2 nitrogen and oxygen atoms in total. The van der Waals surface area contributed by atoms with Crippen molar-refractivity contribution in [2.75, 3.05) is 6.54 Å². The number of nitrogens with zero attached hydrogens (tertiary/aromatic N) is 2. The molecule has 3 heteroatoms. The summed E-state index contributed by atoms with van der Waals surface area (Å²) >= 11 is 6.14. The number of rotatable bonds is 8. The zero-order valence-corrected chi connectivity index (χ0v) is 17.5. The second-order valence-electron chi connectivity index (χ2n) is 7.48. The standard InChI is InChI=1S/C22H28ClN.C2H3N/c1-17(2)24(16-19-7-4-3-5-8-19)14-6-9-18-10-12-20(13-11-18)21-15-22(21)23;1-2-3/h3-5,7-8,10-13,17,21-22H,6,9,14-16H2,1-2H3;1H3. The lowest BCUT2D eigenvalue weighted by Crippen LogP contribution is -2.31. The molecule has 0 amide bonds. The molecule has 2 aromatic carbocycles. The Morgan fingerprint density at radius 1 is 1.07 bits per heavy atom. The van der Waals surface area contributed by atoms with Gasteiger partial charge in [-0.05, 0) is 56.3 Å². The van der Waals surface area contributed by atoms with Gasteiger partial charge in [-0.3, -0.25) is 4.90 Å². The number of benzene rings is 2. The van der Waals surface area contributed by atoms with Crippen LogP contribution in [-0.2, 0) is 13.0 Å². The van der Waals surface area contributed by atoms with Gasteiger partial charge in [0, 0.05) is 30.8 Å². The monoisotopic (exact) mass is 382 g/mol. The Morgan fingerprint density at radius 3 is 2.19 bits per heavy atom. The molecular weight excluding hydrogens is 352 g/mol. The van der Waals surface area contributed by atoms with Gasteiger partial charge in [-0.2, -0.15) is 5.26 Å². The summed E-state index contributed by atoms with van der Waals surface area (Å²) in [4.78, 5) is 2.56. The number of aryl methyl sites for hydroxylation is 1. The van der Waals surface area contributed by atoms with Gasteiger partial charge in [-0.15, -0.1) is 11.6 Å². The topological polar surface area (TPSA) is 27.0 Å². The molecule has 0 N–H and O–H groups in total. The second kappa shape index (κ2) is 11.1. The summed E-state index contributed by atoms with van der Waals surface area (Å²) in [6.07, 6.45) is 3.49. The summed E-state index contributed by atoms with van der Waals surface area (Å²) in [7, 11) is 0. The molecule has 0 aliphatic heterocycles. The largest absolute Gasteiger partial charge is 0.297 e. The Kier molecular flexibility index (Phi) is 8.85. The van der Waals surface area contributed by atoms with Crippen molar-refractivity contribution >= 4 is 11.6 Å². The van der Waals surface area contributed by atoms with E-state index in [4.69, 9.17) is 16.9 Å². The lowest BCUT2D eigenvalue weighted by molar-refractivity contribution is 0.210. The third-order valence-electron chi connectivity index (χ3n) is 4.99. The maximum atomic E-state index is 7.32. The molecule has 0 bridgehead atoms. The number of hydrogen-bond acceptors (Lipinski definition) is 2. The average Bonchev–Trinajstić information content (AvgIpc) is 3.39. The first kappa shape index (κ1) is 21.5. The van der Waals surface area contributed by atoms with E-state index < -0.39 is 0 Å². The molecule has 2 unspecified atom stereocenters. The van der Waals surface area contributed by atoms with Crippen LogP contribution in [0, 0.1) is 11.3 Å². The van der Waals surface area contributed by atoms with E-state index in [-0.39, 0.29) is 0 Å². The van der Waals surface area contributed by atoms with Gasteiger partial charge in [0.05, 0.1) is 6.07 Å². The Bertz CT molecular complexity index is 703. The van der Waals surface area contributed by atoms with E-state index in [9.17, 15) is 0 Å². The van der Waals surface area contributed by atoms with Crippen LogP contribution in [0.1, 0.15) is 56.2 Å². The molecule has 2 aromatic rings. The molecule has 0 spiro atoms. The minimum Gasteiger partial charge on any atom is -0.297 e. The molecule has 1 aliphatic rings. The summed E-state index contributed by atoms with van der Waals surface area (Å²) in [5.74, 6) is 0.600. The molecule has 3 rings (SSSR count). The molecule has 0 saturated heterocycles. The van der Waals surface area contributed by atoms with Crippen LogP contribution in [0.2, 0.25) is 0 Å². The SMILES string of the molecule is CC#N.CC(C)N(CCCc1ccc(C2CC2Cl)cc1)Cc1ccccc1. The van der Waals surface area contributed by atoms with E-state index in [0.29, 0.717) is 17.3 Å². The van der Waals surface area contributed by atoms with Crippen molar-refractivity contribution in [3.05, 3.63) is 71.3 Å². The summed E-state index contributed by atoms with van der Waals surface area (Å²) in [6.45, 7) is 8.18. The lowest BCUT2D eigenvalue weighted by Gasteiger charge is -2.26. The molecule has 1 fully saturated rings. The third kappa shape index (κ3) is 7.37. The normalized spacial score (nSPS) is 18.0. The van der Waals surface area contributed by atoms with Gasteiger partial charge in [-0.1, -0.05) is 54.6 Å². The molecule has 1 aliphatic carbocycles. The minimum atomic E-state index is 0.369. The first-order valence-corrected chi connectivity index (χ1v) is 10.3. The predicted molar refractivity (Wildman–Crippen MR) is 115 cm³/mol. The fourth-order valence-corrected chi connectivity index (χ4v) is 3.60. The summed E-state index contributed by atoms with van der Waals surface area (Å²) in [5, 5.41) is 7.69. The summed E-state index contributed by atoms with van der Waals surface area (Å²) in [6, 6.07) is 22.2. The first-order valence-electron chi connectivity index (χ1n) is 9.86. The predicted octanol–water partition coefficient (Wildman–Crippen LogP) is 6.15.